The summed E-state index contributed by atoms with van der Waals surface area (Å²) in [6.07, 6.45) is 0.903. The van der Waals surface area contributed by atoms with Gasteiger partial charge in [-0.05, 0) is 24.1 Å². The molecule has 2 aliphatic rings. The van der Waals surface area contributed by atoms with Gasteiger partial charge in [0.05, 0.1) is 11.6 Å². The van der Waals surface area contributed by atoms with Gasteiger partial charge in [-0.25, -0.2) is 5.43 Å². The molecule has 3 rings (SSSR count). The summed E-state index contributed by atoms with van der Waals surface area (Å²) in [5.74, 6) is -0.536. The molecule has 5 nitrogen and oxygen atoms in total. The molecule has 7 heteroatoms. The molecule has 1 saturated carbocycles. The first-order chi connectivity index (χ1) is 10.4. The molecule has 1 aromatic rings. The number of carbonyl (C=O) groups excluding carboxylic acids is 2. The first-order valence-corrected chi connectivity index (χ1v) is 7.78. The summed E-state index contributed by atoms with van der Waals surface area (Å²) in [5.41, 5.74) is 4.92. The molecule has 1 aliphatic carbocycles. The molecule has 116 valence electrons. The minimum Gasteiger partial charge on any atom is -0.326 e. The highest BCUT2D eigenvalue weighted by Gasteiger charge is 2.56. The molecule has 1 fully saturated rings. The van der Waals surface area contributed by atoms with Crippen LogP contribution in [0.15, 0.2) is 29.4 Å². The predicted molar refractivity (Wildman–Crippen MR) is 86.1 cm³/mol. The number of carbonyl (C=O) groups is 2. The minimum absolute atomic E-state index is 0.0637. The Morgan fingerprint density at radius 3 is 2.55 bits per heavy atom. The molecule has 0 saturated heterocycles. The van der Waals surface area contributed by atoms with E-state index >= 15 is 0 Å². The highest BCUT2D eigenvalue weighted by molar-refractivity contribution is 6.52. The average molecular weight is 340 g/mol. The molecule has 1 heterocycles. The Bertz CT molecular complexity index is 655. The molecule has 1 aromatic carbocycles. The van der Waals surface area contributed by atoms with E-state index in [9.17, 15) is 9.59 Å². The highest BCUT2D eigenvalue weighted by Crippen LogP contribution is 2.53. The van der Waals surface area contributed by atoms with Gasteiger partial charge in [-0.2, -0.15) is 5.10 Å². The van der Waals surface area contributed by atoms with Gasteiger partial charge in [0.1, 0.15) is 4.33 Å². The molecule has 2 atom stereocenters. The Hall–Kier alpha value is -1.59. The van der Waals surface area contributed by atoms with Crippen LogP contribution in [0.25, 0.3) is 0 Å². The van der Waals surface area contributed by atoms with Gasteiger partial charge in [0, 0.05) is 18.0 Å². The van der Waals surface area contributed by atoms with Crippen molar-refractivity contribution in [3.05, 3.63) is 29.8 Å². The molecular formula is C15H15Cl2N3O2. The van der Waals surface area contributed by atoms with E-state index in [1.54, 1.807) is 12.1 Å². The van der Waals surface area contributed by atoms with Gasteiger partial charge in [0.25, 0.3) is 0 Å². The van der Waals surface area contributed by atoms with E-state index in [0.29, 0.717) is 18.5 Å². The van der Waals surface area contributed by atoms with Crippen molar-refractivity contribution in [2.24, 2.45) is 16.9 Å². The standard InChI is InChI=1S/C15H15Cl2N3O2/c1-8-6-12(21)19-20-13(8)9-2-4-10(5-3-9)18-14(22)11-7-15(11,16)17/h2-5,8,11H,6-7H2,1H3,(H,18,22)(H,19,21). The monoisotopic (exact) mass is 339 g/mol. The SMILES string of the molecule is CC1CC(=O)NN=C1c1ccc(NC(=O)C2CC2(Cl)Cl)cc1. The third-order valence-corrected chi connectivity index (χ3v) is 4.69. The van der Waals surface area contributed by atoms with Crippen molar-refractivity contribution in [3.63, 3.8) is 0 Å². The second kappa shape index (κ2) is 5.56. The number of hydrazone groups is 1. The summed E-state index contributed by atoms with van der Waals surface area (Å²) in [6.45, 7) is 1.96. The van der Waals surface area contributed by atoms with Gasteiger partial charge in [0.15, 0.2) is 0 Å². The number of hydrogen-bond donors (Lipinski definition) is 2. The molecule has 0 aromatic heterocycles. The average Bonchev–Trinajstić information content (AvgIpc) is 3.09. The lowest BCUT2D eigenvalue weighted by molar-refractivity contribution is -0.122. The third kappa shape index (κ3) is 3.10. The van der Waals surface area contributed by atoms with Gasteiger partial charge >= 0.3 is 0 Å². The van der Waals surface area contributed by atoms with E-state index in [1.165, 1.54) is 0 Å². The van der Waals surface area contributed by atoms with Crippen LogP contribution in [0.2, 0.25) is 0 Å². The molecule has 2 N–H and O–H groups in total. The second-order valence-electron chi connectivity index (χ2n) is 5.72. The first-order valence-electron chi connectivity index (χ1n) is 7.02. The Kier molecular flexibility index (Phi) is 3.87. The smallest absolute Gasteiger partial charge is 0.240 e. The van der Waals surface area contributed by atoms with Gasteiger partial charge < -0.3 is 5.32 Å². The predicted octanol–water partition coefficient (Wildman–Crippen LogP) is 2.68. The molecule has 0 spiro atoms. The summed E-state index contributed by atoms with van der Waals surface area (Å²) in [4.78, 5) is 23.2. The van der Waals surface area contributed by atoms with Crippen LogP contribution in [-0.2, 0) is 9.59 Å². The zero-order valence-corrected chi connectivity index (χ0v) is 13.4. The zero-order chi connectivity index (χ0) is 15.9. The highest BCUT2D eigenvalue weighted by atomic mass is 35.5. The minimum atomic E-state index is -0.922. The van der Waals surface area contributed by atoms with Crippen molar-refractivity contribution < 1.29 is 9.59 Å². The topological polar surface area (TPSA) is 70.6 Å². The number of benzene rings is 1. The van der Waals surface area contributed by atoms with E-state index in [4.69, 9.17) is 23.2 Å². The summed E-state index contributed by atoms with van der Waals surface area (Å²) < 4.78 is -0.922. The maximum absolute atomic E-state index is 11.9. The Balaban J connectivity index is 1.68. The van der Waals surface area contributed by atoms with E-state index in [2.05, 4.69) is 15.8 Å². The fourth-order valence-electron chi connectivity index (χ4n) is 2.45. The van der Waals surface area contributed by atoms with Crippen molar-refractivity contribution >= 4 is 46.4 Å². The van der Waals surface area contributed by atoms with E-state index in [-0.39, 0.29) is 23.7 Å². The fraction of sp³-hybridized carbons (Fsp3) is 0.400. The largest absolute Gasteiger partial charge is 0.326 e. The number of nitrogens with one attached hydrogen (secondary N) is 2. The quantitative estimate of drug-likeness (QED) is 0.831. The van der Waals surface area contributed by atoms with Crippen LogP contribution < -0.4 is 10.7 Å². The molecule has 22 heavy (non-hydrogen) atoms. The maximum atomic E-state index is 11.9. The van der Waals surface area contributed by atoms with Crippen LogP contribution in [-0.4, -0.2) is 21.9 Å². The van der Waals surface area contributed by atoms with Crippen LogP contribution in [0.5, 0.6) is 0 Å². The third-order valence-electron chi connectivity index (χ3n) is 3.85. The second-order valence-corrected chi connectivity index (χ2v) is 7.26. The van der Waals surface area contributed by atoms with Crippen molar-refractivity contribution in [1.29, 1.82) is 0 Å². The molecule has 0 radical (unpaired) electrons. The molecule has 0 bridgehead atoms. The van der Waals surface area contributed by atoms with Gasteiger partial charge in [0.2, 0.25) is 11.8 Å². The first kappa shape index (κ1) is 15.3. The normalized spacial score (nSPS) is 26.0. The van der Waals surface area contributed by atoms with E-state index in [0.717, 1.165) is 11.3 Å². The number of rotatable bonds is 3. The van der Waals surface area contributed by atoms with Crippen molar-refractivity contribution in [1.82, 2.24) is 5.43 Å². The number of halogens is 2. The Labute approximate surface area is 138 Å². The van der Waals surface area contributed by atoms with Gasteiger partial charge in [-0.3, -0.25) is 9.59 Å². The van der Waals surface area contributed by atoms with Gasteiger partial charge in [-0.15, -0.1) is 23.2 Å². The number of hydrogen-bond acceptors (Lipinski definition) is 3. The lowest BCUT2D eigenvalue weighted by Gasteiger charge is -2.19. The number of nitrogens with zero attached hydrogens (tertiary/aromatic N) is 1. The zero-order valence-electron chi connectivity index (χ0n) is 11.9. The van der Waals surface area contributed by atoms with Crippen molar-refractivity contribution in [2.75, 3.05) is 5.32 Å². The van der Waals surface area contributed by atoms with Gasteiger partial charge in [-0.1, -0.05) is 19.1 Å². The van der Waals surface area contributed by atoms with Crippen LogP contribution in [0, 0.1) is 11.8 Å². The molecule has 2 amide bonds. The molecule has 2 unspecified atom stereocenters. The van der Waals surface area contributed by atoms with Crippen LogP contribution in [0.1, 0.15) is 25.3 Å². The van der Waals surface area contributed by atoms with Crippen molar-refractivity contribution in [2.45, 2.75) is 24.1 Å². The van der Waals surface area contributed by atoms with E-state index in [1.807, 2.05) is 19.1 Å². The summed E-state index contributed by atoms with van der Waals surface area (Å²) in [6, 6.07) is 7.32. The number of amides is 2. The summed E-state index contributed by atoms with van der Waals surface area (Å²) in [7, 11) is 0. The van der Waals surface area contributed by atoms with Crippen LogP contribution in [0.3, 0.4) is 0 Å². The maximum Gasteiger partial charge on any atom is 0.240 e. The Morgan fingerprint density at radius 1 is 1.36 bits per heavy atom. The Morgan fingerprint density at radius 2 is 2.00 bits per heavy atom. The summed E-state index contributed by atoms with van der Waals surface area (Å²) >= 11 is 11.8. The van der Waals surface area contributed by atoms with Crippen LogP contribution in [0.4, 0.5) is 5.69 Å². The number of anilines is 1. The molecular weight excluding hydrogens is 325 g/mol. The fourth-order valence-corrected chi connectivity index (χ4v) is 2.96. The molecule has 1 aliphatic heterocycles. The number of alkyl halides is 2. The van der Waals surface area contributed by atoms with Crippen molar-refractivity contribution in [3.8, 4) is 0 Å². The van der Waals surface area contributed by atoms with Crippen LogP contribution >= 0.6 is 23.2 Å². The van der Waals surface area contributed by atoms with E-state index < -0.39 is 4.33 Å². The lowest BCUT2D eigenvalue weighted by atomic mass is 9.94. The summed E-state index contributed by atoms with van der Waals surface area (Å²) in [5, 5.41) is 6.89. The lowest BCUT2D eigenvalue weighted by Crippen LogP contribution is -2.31.